The fraction of sp³-hybridized carbons (Fsp3) is 0.700. The van der Waals surface area contributed by atoms with E-state index in [1.54, 1.807) is 0 Å². The van der Waals surface area contributed by atoms with Gasteiger partial charge in [-0.05, 0) is 82.3 Å². The first kappa shape index (κ1) is 16.6. The van der Waals surface area contributed by atoms with E-state index in [1.165, 1.54) is 36.8 Å². The Bertz CT molecular complexity index is 599. The van der Waals surface area contributed by atoms with Crippen LogP contribution in [0.2, 0.25) is 0 Å². The molecule has 130 valence electrons. The average Bonchev–Trinajstić information content (AvgIpc) is 3.36. The summed E-state index contributed by atoms with van der Waals surface area (Å²) in [5.74, 6) is 0.750. The monoisotopic (exact) mass is 328 g/mol. The Morgan fingerprint density at radius 1 is 0.958 bits per heavy atom. The van der Waals surface area contributed by atoms with Gasteiger partial charge >= 0.3 is 7.12 Å². The van der Waals surface area contributed by atoms with Crippen molar-refractivity contribution in [2.75, 3.05) is 6.61 Å². The van der Waals surface area contributed by atoms with E-state index in [0.717, 1.165) is 24.4 Å². The molecule has 2 saturated heterocycles. The molecule has 1 saturated carbocycles. The van der Waals surface area contributed by atoms with Gasteiger partial charge in [-0.3, -0.25) is 0 Å². The summed E-state index contributed by atoms with van der Waals surface area (Å²) in [6.45, 7) is 9.32. The number of hydrogen-bond acceptors (Lipinski definition) is 3. The first-order valence-electron chi connectivity index (χ1n) is 9.48. The third kappa shape index (κ3) is 2.93. The van der Waals surface area contributed by atoms with Crippen molar-refractivity contribution < 1.29 is 14.0 Å². The minimum absolute atomic E-state index is 0.187. The zero-order chi connectivity index (χ0) is 16.9. The SMILES string of the molecule is CC1(C)OB(c2ccc(C3CC3)cc2C2CCCCO2)OC1(C)C. The van der Waals surface area contributed by atoms with Crippen LogP contribution in [-0.2, 0) is 14.0 Å². The van der Waals surface area contributed by atoms with Crippen molar-refractivity contribution in [2.45, 2.75) is 83.0 Å². The zero-order valence-electron chi connectivity index (χ0n) is 15.4. The van der Waals surface area contributed by atoms with Gasteiger partial charge in [-0.25, -0.2) is 0 Å². The molecule has 0 aromatic heterocycles. The van der Waals surface area contributed by atoms with Crippen molar-refractivity contribution in [3.05, 3.63) is 29.3 Å². The van der Waals surface area contributed by atoms with E-state index in [1.807, 2.05) is 0 Å². The molecule has 3 fully saturated rings. The van der Waals surface area contributed by atoms with E-state index < -0.39 is 0 Å². The fourth-order valence-corrected chi connectivity index (χ4v) is 3.71. The van der Waals surface area contributed by atoms with Gasteiger partial charge < -0.3 is 14.0 Å². The van der Waals surface area contributed by atoms with Crippen LogP contribution in [0.5, 0.6) is 0 Å². The number of ether oxygens (including phenoxy) is 1. The van der Waals surface area contributed by atoms with Gasteiger partial charge in [0, 0.05) is 6.61 Å². The lowest BCUT2D eigenvalue weighted by atomic mass is 9.73. The molecule has 0 radical (unpaired) electrons. The Morgan fingerprint density at radius 2 is 1.67 bits per heavy atom. The molecule has 2 heterocycles. The first-order chi connectivity index (χ1) is 11.4. The van der Waals surface area contributed by atoms with Crippen LogP contribution in [-0.4, -0.2) is 24.9 Å². The highest BCUT2D eigenvalue weighted by molar-refractivity contribution is 6.62. The van der Waals surface area contributed by atoms with E-state index in [9.17, 15) is 0 Å². The molecule has 1 aromatic carbocycles. The first-order valence-corrected chi connectivity index (χ1v) is 9.48. The molecule has 3 nitrogen and oxygen atoms in total. The van der Waals surface area contributed by atoms with E-state index in [2.05, 4.69) is 45.9 Å². The average molecular weight is 328 g/mol. The van der Waals surface area contributed by atoms with Gasteiger partial charge in [0.25, 0.3) is 0 Å². The van der Waals surface area contributed by atoms with Crippen LogP contribution < -0.4 is 5.46 Å². The molecule has 24 heavy (non-hydrogen) atoms. The van der Waals surface area contributed by atoms with Crippen LogP contribution in [0.15, 0.2) is 18.2 Å². The Morgan fingerprint density at radius 3 is 2.25 bits per heavy atom. The van der Waals surface area contributed by atoms with Crippen molar-refractivity contribution in [3.63, 3.8) is 0 Å². The maximum Gasteiger partial charge on any atom is 0.495 e. The van der Waals surface area contributed by atoms with Crippen LogP contribution in [0.3, 0.4) is 0 Å². The number of hydrogen-bond donors (Lipinski definition) is 0. The van der Waals surface area contributed by atoms with Crippen molar-refractivity contribution >= 4 is 12.6 Å². The minimum atomic E-state index is -0.308. The molecule has 1 unspecified atom stereocenters. The maximum atomic E-state index is 6.32. The lowest BCUT2D eigenvalue weighted by Gasteiger charge is -2.32. The second-order valence-corrected chi connectivity index (χ2v) is 8.61. The zero-order valence-corrected chi connectivity index (χ0v) is 15.4. The standard InChI is InChI=1S/C20H29BO3/c1-19(2)20(3,4)24-21(23-19)17-11-10-15(14-8-9-14)13-16(17)18-7-5-6-12-22-18/h10-11,13-14,18H,5-9,12H2,1-4H3. The Labute approximate surface area is 146 Å². The predicted molar refractivity (Wildman–Crippen MR) is 96.7 cm³/mol. The van der Waals surface area contributed by atoms with Crippen molar-refractivity contribution in [1.29, 1.82) is 0 Å². The van der Waals surface area contributed by atoms with Crippen LogP contribution in [0, 0.1) is 0 Å². The molecule has 4 heteroatoms. The molecule has 3 aliphatic rings. The highest BCUT2D eigenvalue weighted by Gasteiger charge is 2.52. The topological polar surface area (TPSA) is 27.7 Å². The van der Waals surface area contributed by atoms with E-state index >= 15 is 0 Å². The summed E-state index contributed by atoms with van der Waals surface area (Å²) < 4.78 is 18.8. The van der Waals surface area contributed by atoms with Crippen molar-refractivity contribution in [3.8, 4) is 0 Å². The van der Waals surface area contributed by atoms with Gasteiger partial charge in [0.05, 0.1) is 17.3 Å². The summed E-state index contributed by atoms with van der Waals surface area (Å²) in [5, 5.41) is 0. The third-order valence-electron chi connectivity index (χ3n) is 6.19. The lowest BCUT2D eigenvalue weighted by Crippen LogP contribution is -2.41. The summed E-state index contributed by atoms with van der Waals surface area (Å²) in [4.78, 5) is 0. The molecule has 0 amide bonds. The smallest absolute Gasteiger partial charge is 0.399 e. The lowest BCUT2D eigenvalue weighted by molar-refractivity contribution is 0.00578. The van der Waals surface area contributed by atoms with Crippen LogP contribution in [0.25, 0.3) is 0 Å². The van der Waals surface area contributed by atoms with Gasteiger partial charge in [0.2, 0.25) is 0 Å². The Hall–Kier alpha value is -0.835. The molecule has 0 bridgehead atoms. The summed E-state index contributed by atoms with van der Waals surface area (Å²) in [6.07, 6.45) is 6.33. The minimum Gasteiger partial charge on any atom is -0.399 e. The van der Waals surface area contributed by atoms with E-state index in [-0.39, 0.29) is 24.4 Å². The second-order valence-electron chi connectivity index (χ2n) is 8.61. The molecule has 1 aliphatic carbocycles. The van der Waals surface area contributed by atoms with Gasteiger partial charge in [0.15, 0.2) is 0 Å². The van der Waals surface area contributed by atoms with Gasteiger partial charge in [-0.2, -0.15) is 0 Å². The maximum absolute atomic E-state index is 6.32. The Kier molecular flexibility index (Phi) is 4.06. The second kappa shape index (κ2) is 5.86. The number of rotatable bonds is 3. The van der Waals surface area contributed by atoms with Crippen LogP contribution in [0.1, 0.15) is 82.9 Å². The molecule has 4 rings (SSSR count). The fourth-order valence-electron chi connectivity index (χ4n) is 3.71. The molecular weight excluding hydrogens is 299 g/mol. The van der Waals surface area contributed by atoms with Crippen LogP contribution >= 0.6 is 0 Å². The molecular formula is C20H29BO3. The van der Waals surface area contributed by atoms with Crippen LogP contribution in [0.4, 0.5) is 0 Å². The van der Waals surface area contributed by atoms with E-state index in [0.29, 0.717) is 0 Å². The highest BCUT2D eigenvalue weighted by Crippen LogP contribution is 2.42. The van der Waals surface area contributed by atoms with E-state index in [4.69, 9.17) is 14.0 Å². The molecule has 1 aromatic rings. The quantitative estimate of drug-likeness (QED) is 0.782. The summed E-state index contributed by atoms with van der Waals surface area (Å²) in [7, 11) is -0.302. The Balaban J connectivity index is 1.69. The normalized spacial score (nSPS) is 29.0. The molecule has 0 N–H and O–H groups in total. The van der Waals surface area contributed by atoms with Gasteiger partial charge in [0.1, 0.15) is 0 Å². The van der Waals surface area contributed by atoms with Crippen molar-refractivity contribution in [1.82, 2.24) is 0 Å². The van der Waals surface area contributed by atoms with Gasteiger partial charge in [-0.1, -0.05) is 18.2 Å². The molecule has 1 atom stereocenters. The largest absolute Gasteiger partial charge is 0.495 e. The van der Waals surface area contributed by atoms with Gasteiger partial charge in [-0.15, -0.1) is 0 Å². The summed E-state index contributed by atoms with van der Waals surface area (Å²) in [5.41, 5.74) is 3.29. The summed E-state index contributed by atoms with van der Waals surface area (Å²) >= 11 is 0. The molecule has 2 aliphatic heterocycles. The third-order valence-corrected chi connectivity index (χ3v) is 6.19. The predicted octanol–water partition coefficient (Wildman–Crippen LogP) is 4.10. The summed E-state index contributed by atoms with van der Waals surface area (Å²) in [6, 6.07) is 6.86. The molecule has 0 spiro atoms. The number of benzene rings is 1. The highest BCUT2D eigenvalue weighted by atomic mass is 16.7. The van der Waals surface area contributed by atoms with Crippen molar-refractivity contribution in [2.24, 2.45) is 0 Å².